The standard InChI is InChI=1S/C19H35N7O/c1-16-22-23-17(24(16)4)14-21-18(26-9-6-19(2,3)15-26)20-7-5-8-25-10-12-27-13-11-25/h5-15H2,1-4H3,(H,20,21). The molecule has 0 radical (unpaired) electrons. The van der Waals surface area contributed by atoms with E-state index in [1.165, 1.54) is 6.42 Å². The summed E-state index contributed by atoms with van der Waals surface area (Å²) in [6.07, 6.45) is 2.31. The van der Waals surface area contributed by atoms with Crippen molar-refractivity contribution in [3.8, 4) is 0 Å². The van der Waals surface area contributed by atoms with Gasteiger partial charge in [0.25, 0.3) is 0 Å². The van der Waals surface area contributed by atoms with Gasteiger partial charge in [-0.3, -0.25) is 4.90 Å². The van der Waals surface area contributed by atoms with Gasteiger partial charge in [0.05, 0.1) is 13.2 Å². The number of ether oxygens (including phenoxy) is 1. The zero-order chi connectivity index (χ0) is 19.3. The molecule has 1 N–H and O–H groups in total. The summed E-state index contributed by atoms with van der Waals surface area (Å²) in [5, 5.41) is 12.0. The van der Waals surface area contributed by atoms with Crippen molar-refractivity contribution >= 4 is 5.96 Å². The number of hydrogen-bond donors (Lipinski definition) is 1. The van der Waals surface area contributed by atoms with Crippen LogP contribution in [-0.4, -0.2) is 83.0 Å². The maximum absolute atomic E-state index is 5.42. The molecule has 0 bridgehead atoms. The molecule has 0 aromatic carbocycles. The predicted octanol–water partition coefficient (Wildman–Crippen LogP) is 1.02. The van der Waals surface area contributed by atoms with Gasteiger partial charge in [0.15, 0.2) is 11.8 Å². The van der Waals surface area contributed by atoms with Gasteiger partial charge in [-0.25, -0.2) is 4.99 Å². The van der Waals surface area contributed by atoms with Gasteiger partial charge < -0.3 is 19.5 Å². The fraction of sp³-hybridized carbons (Fsp3) is 0.842. The van der Waals surface area contributed by atoms with Crippen LogP contribution in [0.5, 0.6) is 0 Å². The van der Waals surface area contributed by atoms with E-state index in [0.29, 0.717) is 12.0 Å². The van der Waals surface area contributed by atoms with Crippen molar-refractivity contribution in [3.63, 3.8) is 0 Å². The second-order valence-corrected chi connectivity index (χ2v) is 8.43. The molecule has 0 unspecified atom stereocenters. The lowest BCUT2D eigenvalue weighted by atomic mass is 9.93. The Morgan fingerprint density at radius 1 is 1.22 bits per heavy atom. The molecule has 0 spiro atoms. The Hall–Kier alpha value is -1.67. The molecule has 0 saturated carbocycles. The summed E-state index contributed by atoms with van der Waals surface area (Å²) >= 11 is 0. The normalized spacial score (nSPS) is 21.0. The van der Waals surface area contributed by atoms with Crippen LogP contribution in [0, 0.1) is 12.3 Å². The van der Waals surface area contributed by atoms with Crippen molar-refractivity contribution in [2.24, 2.45) is 17.5 Å². The molecule has 1 aromatic heterocycles. The highest BCUT2D eigenvalue weighted by atomic mass is 16.5. The molecule has 2 aliphatic rings. The van der Waals surface area contributed by atoms with E-state index in [9.17, 15) is 0 Å². The van der Waals surface area contributed by atoms with E-state index in [4.69, 9.17) is 9.73 Å². The summed E-state index contributed by atoms with van der Waals surface area (Å²) in [6.45, 7) is 15.1. The van der Waals surface area contributed by atoms with Gasteiger partial charge in [0.1, 0.15) is 12.4 Å². The van der Waals surface area contributed by atoms with Crippen LogP contribution in [0.15, 0.2) is 4.99 Å². The molecule has 27 heavy (non-hydrogen) atoms. The number of nitrogens with one attached hydrogen (secondary N) is 1. The first-order valence-electron chi connectivity index (χ1n) is 10.1. The maximum Gasteiger partial charge on any atom is 0.194 e. The average Bonchev–Trinajstić information content (AvgIpc) is 3.17. The molecular weight excluding hydrogens is 342 g/mol. The number of rotatable bonds is 6. The van der Waals surface area contributed by atoms with E-state index in [0.717, 1.165) is 76.5 Å². The first-order chi connectivity index (χ1) is 12.9. The zero-order valence-corrected chi connectivity index (χ0v) is 17.4. The largest absolute Gasteiger partial charge is 0.379 e. The molecule has 8 heteroatoms. The van der Waals surface area contributed by atoms with E-state index in [2.05, 4.69) is 39.2 Å². The first-order valence-corrected chi connectivity index (χ1v) is 10.1. The van der Waals surface area contributed by atoms with Gasteiger partial charge in [0.2, 0.25) is 0 Å². The van der Waals surface area contributed by atoms with Gasteiger partial charge in [-0.05, 0) is 31.7 Å². The third kappa shape index (κ3) is 5.65. The van der Waals surface area contributed by atoms with Crippen molar-refractivity contribution in [2.75, 3.05) is 52.5 Å². The van der Waals surface area contributed by atoms with Gasteiger partial charge in [0, 0.05) is 39.8 Å². The van der Waals surface area contributed by atoms with Crippen molar-refractivity contribution in [1.29, 1.82) is 0 Å². The van der Waals surface area contributed by atoms with Crippen LogP contribution in [-0.2, 0) is 18.3 Å². The van der Waals surface area contributed by atoms with E-state index in [1.807, 2.05) is 18.5 Å². The number of hydrogen-bond acceptors (Lipinski definition) is 5. The molecule has 3 heterocycles. The van der Waals surface area contributed by atoms with Crippen LogP contribution >= 0.6 is 0 Å². The number of morpholine rings is 1. The maximum atomic E-state index is 5.42. The molecule has 1 aromatic rings. The lowest BCUT2D eigenvalue weighted by molar-refractivity contribution is 0.0375. The number of aromatic nitrogens is 3. The lowest BCUT2D eigenvalue weighted by Gasteiger charge is -2.27. The summed E-state index contributed by atoms with van der Waals surface area (Å²) in [5.74, 6) is 2.82. The van der Waals surface area contributed by atoms with Crippen LogP contribution in [0.4, 0.5) is 0 Å². The molecule has 2 fully saturated rings. The second-order valence-electron chi connectivity index (χ2n) is 8.43. The smallest absolute Gasteiger partial charge is 0.194 e. The predicted molar refractivity (Wildman–Crippen MR) is 107 cm³/mol. The Kier molecular flexibility index (Phi) is 6.70. The quantitative estimate of drug-likeness (QED) is 0.453. The van der Waals surface area contributed by atoms with Gasteiger partial charge in [-0.1, -0.05) is 13.8 Å². The van der Waals surface area contributed by atoms with Gasteiger partial charge in [-0.15, -0.1) is 10.2 Å². The molecular formula is C19H35N7O. The molecule has 2 saturated heterocycles. The number of aryl methyl sites for hydroxylation is 1. The highest BCUT2D eigenvalue weighted by molar-refractivity contribution is 5.80. The van der Waals surface area contributed by atoms with E-state index < -0.39 is 0 Å². The van der Waals surface area contributed by atoms with Crippen LogP contribution in [0.2, 0.25) is 0 Å². The van der Waals surface area contributed by atoms with Crippen LogP contribution < -0.4 is 5.32 Å². The van der Waals surface area contributed by atoms with Gasteiger partial charge >= 0.3 is 0 Å². The SMILES string of the molecule is Cc1nnc(CN=C(NCCCN2CCOCC2)N2CCC(C)(C)C2)n1C. The number of nitrogens with zero attached hydrogens (tertiary/aromatic N) is 6. The van der Waals surface area contributed by atoms with Crippen LogP contribution in [0.3, 0.4) is 0 Å². The third-order valence-corrected chi connectivity index (χ3v) is 5.57. The molecule has 0 amide bonds. The minimum absolute atomic E-state index is 0.345. The third-order valence-electron chi connectivity index (χ3n) is 5.57. The minimum Gasteiger partial charge on any atom is -0.379 e. The topological polar surface area (TPSA) is 70.8 Å². The highest BCUT2D eigenvalue weighted by Crippen LogP contribution is 2.28. The summed E-state index contributed by atoms with van der Waals surface area (Å²) in [5.41, 5.74) is 0.345. The number of guanidine groups is 1. The monoisotopic (exact) mass is 377 g/mol. The summed E-state index contributed by atoms with van der Waals surface area (Å²) in [7, 11) is 1.99. The zero-order valence-electron chi connectivity index (χ0n) is 17.4. The van der Waals surface area contributed by atoms with Crippen molar-refractivity contribution in [2.45, 2.75) is 40.2 Å². The molecule has 0 aliphatic carbocycles. The van der Waals surface area contributed by atoms with Crippen LogP contribution in [0.1, 0.15) is 38.3 Å². The second kappa shape index (κ2) is 9.01. The lowest BCUT2D eigenvalue weighted by Crippen LogP contribution is -2.42. The van der Waals surface area contributed by atoms with E-state index in [1.54, 1.807) is 0 Å². The average molecular weight is 378 g/mol. The highest BCUT2D eigenvalue weighted by Gasteiger charge is 2.31. The molecule has 2 aliphatic heterocycles. The molecule has 8 nitrogen and oxygen atoms in total. The van der Waals surface area contributed by atoms with Gasteiger partial charge in [-0.2, -0.15) is 0 Å². The summed E-state index contributed by atoms with van der Waals surface area (Å²) < 4.78 is 7.43. The Balaban J connectivity index is 1.55. The van der Waals surface area contributed by atoms with E-state index >= 15 is 0 Å². The molecule has 152 valence electrons. The molecule has 0 atom stereocenters. The van der Waals surface area contributed by atoms with Crippen molar-refractivity contribution in [3.05, 3.63) is 11.6 Å². The Morgan fingerprint density at radius 2 is 2.00 bits per heavy atom. The van der Waals surface area contributed by atoms with Crippen molar-refractivity contribution in [1.82, 2.24) is 29.9 Å². The first kappa shape index (κ1) is 20.1. The Bertz CT molecular complexity index is 634. The van der Waals surface area contributed by atoms with Crippen molar-refractivity contribution < 1.29 is 4.74 Å². The number of aliphatic imine (C=N–C) groups is 1. The summed E-state index contributed by atoms with van der Waals surface area (Å²) in [6, 6.07) is 0. The fourth-order valence-electron chi connectivity index (χ4n) is 3.62. The van der Waals surface area contributed by atoms with E-state index in [-0.39, 0.29) is 0 Å². The Labute approximate surface area is 163 Å². The Morgan fingerprint density at radius 3 is 2.63 bits per heavy atom. The molecule has 3 rings (SSSR count). The summed E-state index contributed by atoms with van der Waals surface area (Å²) in [4.78, 5) is 9.74. The fourth-order valence-corrected chi connectivity index (χ4v) is 3.62. The minimum atomic E-state index is 0.345. The number of likely N-dealkylation sites (tertiary alicyclic amines) is 1. The van der Waals surface area contributed by atoms with Crippen LogP contribution in [0.25, 0.3) is 0 Å².